The van der Waals surface area contributed by atoms with Crippen molar-refractivity contribution in [2.75, 3.05) is 13.1 Å². The van der Waals surface area contributed by atoms with E-state index in [0.717, 1.165) is 37.0 Å². The first kappa shape index (κ1) is 13.3. The molecule has 0 amide bonds. The fourth-order valence-corrected chi connectivity index (χ4v) is 3.13. The summed E-state index contributed by atoms with van der Waals surface area (Å²) in [7, 11) is 0. The van der Waals surface area contributed by atoms with Crippen LogP contribution in [0.15, 0.2) is 34.7 Å². The van der Waals surface area contributed by atoms with Crippen LogP contribution in [0.1, 0.15) is 26.2 Å². The number of likely N-dealkylation sites (tertiary alicyclic amines) is 1. The molecule has 2 heterocycles. The topological polar surface area (TPSA) is 42.2 Å². The maximum absolute atomic E-state index is 5.78. The maximum Gasteiger partial charge on any atom is 0.247 e. The molecule has 106 valence electrons. The van der Waals surface area contributed by atoms with E-state index in [2.05, 4.69) is 28.9 Å². The van der Waals surface area contributed by atoms with E-state index >= 15 is 0 Å². The maximum atomic E-state index is 5.78. The molecule has 1 aliphatic heterocycles. The Labute approximate surface area is 119 Å². The molecule has 2 atom stereocenters. The lowest BCUT2D eigenvalue weighted by Crippen LogP contribution is -2.38. The molecule has 0 aliphatic carbocycles. The quantitative estimate of drug-likeness (QED) is 0.859. The fourth-order valence-electron chi connectivity index (χ4n) is 3.13. The standard InChI is InChI=1S/C16H21N3O/c1-12-8-13(2)10-19(9-12)11-15-17-18-16(20-15)14-6-4-3-5-7-14/h3-7,12-13H,8-11H2,1-2H3. The predicted molar refractivity (Wildman–Crippen MR) is 78.0 cm³/mol. The van der Waals surface area contributed by atoms with Gasteiger partial charge in [0.05, 0.1) is 6.54 Å². The van der Waals surface area contributed by atoms with Gasteiger partial charge in [0, 0.05) is 18.7 Å². The summed E-state index contributed by atoms with van der Waals surface area (Å²) in [5, 5.41) is 8.33. The summed E-state index contributed by atoms with van der Waals surface area (Å²) < 4.78 is 5.78. The number of hydrogen-bond donors (Lipinski definition) is 0. The molecule has 0 N–H and O–H groups in total. The minimum atomic E-state index is 0.610. The number of benzene rings is 1. The first-order chi connectivity index (χ1) is 9.70. The van der Waals surface area contributed by atoms with E-state index in [1.54, 1.807) is 0 Å². The SMILES string of the molecule is CC1CC(C)CN(Cc2nnc(-c3ccccc3)o2)C1. The molecule has 0 saturated carbocycles. The van der Waals surface area contributed by atoms with Crippen molar-refractivity contribution in [1.82, 2.24) is 15.1 Å². The van der Waals surface area contributed by atoms with Crippen molar-refractivity contribution in [1.29, 1.82) is 0 Å². The van der Waals surface area contributed by atoms with Crippen LogP contribution in [-0.2, 0) is 6.54 Å². The second kappa shape index (κ2) is 5.75. The zero-order valence-corrected chi connectivity index (χ0v) is 12.1. The molecule has 0 radical (unpaired) electrons. The smallest absolute Gasteiger partial charge is 0.247 e. The number of aromatic nitrogens is 2. The van der Waals surface area contributed by atoms with Crippen molar-refractivity contribution < 1.29 is 4.42 Å². The second-order valence-corrected chi connectivity index (χ2v) is 6.01. The lowest BCUT2D eigenvalue weighted by atomic mass is 9.92. The van der Waals surface area contributed by atoms with Crippen LogP contribution in [0.4, 0.5) is 0 Å². The molecule has 2 unspecified atom stereocenters. The van der Waals surface area contributed by atoms with Crippen molar-refractivity contribution in [3.05, 3.63) is 36.2 Å². The molecule has 0 bridgehead atoms. The van der Waals surface area contributed by atoms with E-state index in [4.69, 9.17) is 4.42 Å². The average Bonchev–Trinajstić information content (AvgIpc) is 2.87. The largest absolute Gasteiger partial charge is 0.419 e. The van der Waals surface area contributed by atoms with Crippen LogP contribution in [0.2, 0.25) is 0 Å². The van der Waals surface area contributed by atoms with Crippen LogP contribution in [0, 0.1) is 11.8 Å². The molecule has 1 saturated heterocycles. The van der Waals surface area contributed by atoms with Gasteiger partial charge in [0.25, 0.3) is 0 Å². The minimum Gasteiger partial charge on any atom is -0.419 e. The van der Waals surface area contributed by atoms with E-state index in [-0.39, 0.29) is 0 Å². The van der Waals surface area contributed by atoms with Gasteiger partial charge in [-0.1, -0.05) is 32.0 Å². The molecule has 1 aliphatic rings. The molecular weight excluding hydrogens is 250 g/mol. The number of rotatable bonds is 3. The molecule has 4 heteroatoms. The highest BCUT2D eigenvalue weighted by Crippen LogP contribution is 2.23. The molecule has 1 aromatic carbocycles. The normalized spacial score (nSPS) is 23.9. The van der Waals surface area contributed by atoms with Crippen molar-refractivity contribution in [3.8, 4) is 11.5 Å². The molecule has 1 fully saturated rings. The van der Waals surface area contributed by atoms with Gasteiger partial charge < -0.3 is 4.42 Å². The highest BCUT2D eigenvalue weighted by Gasteiger charge is 2.23. The molecular formula is C16H21N3O. The Bertz CT molecular complexity index is 542. The van der Waals surface area contributed by atoms with Crippen molar-refractivity contribution in [2.24, 2.45) is 11.8 Å². The van der Waals surface area contributed by atoms with E-state index in [0.29, 0.717) is 11.8 Å². The van der Waals surface area contributed by atoms with Gasteiger partial charge in [-0.25, -0.2) is 0 Å². The first-order valence-corrected chi connectivity index (χ1v) is 7.31. The highest BCUT2D eigenvalue weighted by molar-refractivity contribution is 5.51. The van der Waals surface area contributed by atoms with Gasteiger partial charge in [-0.05, 0) is 30.4 Å². The Balaban J connectivity index is 1.68. The summed E-state index contributed by atoms with van der Waals surface area (Å²) in [6, 6.07) is 9.92. The van der Waals surface area contributed by atoms with Gasteiger partial charge in [0.2, 0.25) is 11.8 Å². The number of nitrogens with zero attached hydrogens (tertiary/aromatic N) is 3. The lowest BCUT2D eigenvalue weighted by molar-refractivity contribution is 0.124. The number of hydrogen-bond acceptors (Lipinski definition) is 4. The summed E-state index contributed by atoms with van der Waals surface area (Å²) in [5.74, 6) is 2.81. The third-order valence-electron chi connectivity index (χ3n) is 3.79. The summed E-state index contributed by atoms with van der Waals surface area (Å²) in [6.07, 6.45) is 1.32. The highest BCUT2D eigenvalue weighted by atomic mass is 16.4. The van der Waals surface area contributed by atoms with E-state index < -0.39 is 0 Å². The van der Waals surface area contributed by atoms with Crippen LogP contribution in [0.25, 0.3) is 11.5 Å². The second-order valence-electron chi connectivity index (χ2n) is 6.01. The van der Waals surface area contributed by atoms with Gasteiger partial charge in [0.15, 0.2) is 0 Å². The predicted octanol–water partition coefficient (Wildman–Crippen LogP) is 3.21. The van der Waals surface area contributed by atoms with Gasteiger partial charge in [-0.2, -0.15) is 0 Å². The Kier molecular flexibility index (Phi) is 3.83. The fraction of sp³-hybridized carbons (Fsp3) is 0.500. The summed E-state index contributed by atoms with van der Waals surface area (Å²) in [4.78, 5) is 2.42. The third-order valence-corrected chi connectivity index (χ3v) is 3.79. The Morgan fingerprint density at radius 1 is 1.10 bits per heavy atom. The first-order valence-electron chi connectivity index (χ1n) is 7.31. The van der Waals surface area contributed by atoms with Crippen LogP contribution in [-0.4, -0.2) is 28.2 Å². The van der Waals surface area contributed by atoms with Crippen LogP contribution in [0.3, 0.4) is 0 Å². The zero-order valence-electron chi connectivity index (χ0n) is 12.1. The van der Waals surface area contributed by atoms with Crippen LogP contribution < -0.4 is 0 Å². The zero-order chi connectivity index (χ0) is 13.9. The Morgan fingerprint density at radius 2 is 1.80 bits per heavy atom. The molecule has 0 spiro atoms. The Morgan fingerprint density at radius 3 is 2.50 bits per heavy atom. The molecule has 2 aromatic rings. The monoisotopic (exact) mass is 271 g/mol. The van der Waals surface area contributed by atoms with Gasteiger partial charge in [0.1, 0.15) is 0 Å². The summed E-state index contributed by atoms with van der Waals surface area (Å²) in [5.41, 5.74) is 0.978. The molecule has 20 heavy (non-hydrogen) atoms. The van der Waals surface area contributed by atoms with Crippen LogP contribution >= 0.6 is 0 Å². The minimum absolute atomic E-state index is 0.610. The van der Waals surface area contributed by atoms with Gasteiger partial charge >= 0.3 is 0 Å². The molecule has 3 rings (SSSR count). The lowest BCUT2D eigenvalue weighted by Gasteiger charge is -2.33. The van der Waals surface area contributed by atoms with Crippen molar-refractivity contribution in [3.63, 3.8) is 0 Å². The Hall–Kier alpha value is -1.68. The van der Waals surface area contributed by atoms with E-state index in [9.17, 15) is 0 Å². The number of piperidine rings is 1. The summed E-state index contributed by atoms with van der Waals surface area (Å²) in [6.45, 7) is 7.62. The molecule has 4 nitrogen and oxygen atoms in total. The van der Waals surface area contributed by atoms with Crippen LogP contribution in [0.5, 0.6) is 0 Å². The summed E-state index contributed by atoms with van der Waals surface area (Å²) >= 11 is 0. The van der Waals surface area contributed by atoms with Crippen molar-refractivity contribution >= 4 is 0 Å². The van der Waals surface area contributed by atoms with E-state index in [1.807, 2.05) is 30.3 Å². The van der Waals surface area contributed by atoms with E-state index in [1.165, 1.54) is 6.42 Å². The average molecular weight is 271 g/mol. The van der Waals surface area contributed by atoms with Gasteiger partial charge in [-0.15, -0.1) is 10.2 Å². The molecule has 1 aromatic heterocycles. The third kappa shape index (κ3) is 3.07. The van der Waals surface area contributed by atoms with Gasteiger partial charge in [-0.3, -0.25) is 4.90 Å². The van der Waals surface area contributed by atoms with Crippen molar-refractivity contribution in [2.45, 2.75) is 26.8 Å².